The van der Waals surface area contributed by atoms with Gasteiger partial charge in [-0.25, -0.2) is 0 Å². The maximum Gasteiger partial charge on any atom is 0.305 e. The molecule has 0 heterocycles. The van der Waals surface area contributed by atoms with E-state index in [4.69, 9.17) is 4.74 Å². The van der Waals surface area contributed by atoms with E-state index in [9.17, 15) is 19.8 Å². The van der Waals surface area contributed by atoms with Crippen molar-refractivity contribution in [2.75, 3.05) is 13.2 Å². The molecule has 0 aromatic carbocycles. The Hall–Kier alpha value is -1.92. The fraction of sp³-hybridized carbons (Fsp3) is 0.893. The number of esters is 1. The van der Waals surface area contributed by atoms with E-state index in [-0.39, 0.29) is 18.5 Å². The number of unbranched alkanes of at least 4 members (excludes halogenated alkanes) is 52. The number of hydrogen-bond acceptors (Lipinski definition) is 5. The molecular weight excluding hydrogens is 995 g/mol. The second kappa shape index (κ2) is 70.6. The summed E-state index contributed by atoms with van der Waals surface area (Å²) in [6.45, 7) is 4.93. The summed E-state index contributed by atoms with van der Waals surface area (Å²) < 4.78 is 5.48. The van der Waals surface area contributed by atoms with Crippen LogP contribution in [-0.4, -0.2) is 47.4 Å². The van der Waals surface area contributed by atoms with Crippen LogP contribution < -0.4 is 5.32 Å². The highest BCUT2D eigenvalue weighted by Gasteiger charge is 2.20. The zero-order valence-electron chi connectivity index (χ0n) is 54.8. The number of rotatable bonds is 69. The number of ether oxygens (including phenoxy) is 1. The number of aliphatic hydroxyl groups excluding tert-OH is 2. The summed E-state index contributed by atoms with van der Waals surface area (Å²) in [5.74, 6) is -0.0220. The average molecular weight is 1140 g/mol. The van der Waals surface area contributed by atoms with Crippen LogP contribution in [0.4, 0.5) is 0 Å². The number of carbonyl (C=O) groups is 2. The molecule has 6 heteroatoms. The summed E-state index contributed by atoms with van der Waals surface area (Å²) in [6.07, 6.45) is 90.8. The van der Waals surface area contributed by atoms with Crippen molar-refractivity contribution in [3.05, 3.63) is 36.5 Å². The van der Waals surface area contributed by atoms with E-state index in [2.05, 4.69) is 55.6 Å². The summed E-state index contributed by atoms with van der Waals surface area (Å²) in [5, 5.41) is 23.3. The van der Waals surface area contributed by atoms with Crippen molar-refractivity contribution >= 4 is 11.9 Å². The molecular formula is C75H143NO5. The van der Waals surface area contributed by atoms with Crippen LogP contribution in [0.15, 0.2) is 36.5 Å². The van der Waals surface area contributed by atoms with E-state index in [1.165, 1.54) is 321 Å². The topological polar surface area (TPSA) is 95.9 Å². The van der Waals surface area contributed by atoms with Gasteiger partial charge in [0, 0.05) is 12.8 Å². The number of amides is 1. The van der Waals surface area contributed by atoms with Gasteiger partial charge in [-0.2, -0.15) is 0 Å². The highest BCUT2D eigenvalue weighted by atomic mass is 16.5. The molecule has 2 atom stereocenters. The quantitative estimate of drug-likeness (QED) is 0.0320. The van der Waals surface area contributed by atoms with E-state index < -0.39 is 12.1 Å². The van der Waals surface area contributed by atoms with E-state index in [0.717, 1.165) is 51.4 Å². The predicted octanol–water partition coefficient (Wildman–Crippen LogP) is 23.9. The van der Waals surface area contributed by atoms with Gasteiger partial charge in [0.25, 0.3) is 0 Å². The van der Waals surface area contributed by atoms with Crippen LogP contribution in [0.1, 0.15) is 406 Å². The number of nitrogens with one attached hydrogen (secondary N) is 1. The lowest BCUT2D eigenvalue weighted by Crippen LogP contribution is -2.45. The third-order valence-electron chi connectivity index (χ3n) is 17.2. The second-order valence-corrected chi connectivity index (χ2v) is 25.3. The molecule has 0 saturated carbocycles. The maximum absolute atomic E-state index is 12.5. The van der Waals surface area contributed by atoms with Gasteiger partial charge in [-0.05, 0) is 77.0 Å². The fourth-order valence-corrected chi connectivity index (χ4v) is 11.5. The van der Waals surface area contributed by atoms with Gasteiger partial charge >= 0.3 is 5.97 Å². The predicted molar refractivity (Wildman–Crippen MR) is 356 cm³/mol. The Morgan fingerprint density at radius 1 is 0.346 bits per heavy atom. The summed E-state index contributed by atoms with van der Waals surface area (Å²) in [6, 6.07) is -0.537. The normalized spacial score (nSPS) is 12.7. The zero-order valence-corrected chi connectivity index (χ0v) is 54.8. The minimum atomic E-state index is -0.660. The van der Waals surface area contributed by atoms with Crippen molar-refractivity contribution in [1.82, 2.24) is 5.32 Å². The number of carbonyl (C=O) groups excluding carboxylic acids is 2. The molecule has 0 rings (SSSR count). The highest BCUT2D eigenvalue weighted by Crippen LogP contribution is 2.19. The first-order valence-corrected chi connectivity index (χ1v) is 36.7. The van der Waals surface area contributed by atoms with Gasteiger partial charge in [-0.1, -0.05) is 352 Å². The molecule has 0 aromatic rings. The Kier molecular flexibility index (Phi) is 68.9. The van der Waals surface area contributed by atoms with Crippen LogP contribution in [-0.2, 0) is 14.3 Å². The first-order valence-electron chi connectivity index (χ1n) is 36.7. The van der Waals surface area contributed by atoms with Crippen molar-refractivity contribution in [3.63, 3.8) is 0 Å². The van der Waals surface area contributed by atoms with Crippen molar-refractivity contribution in [3.8, 4) is 0 Å². The van der Waals surface area contributed by atoms with Crippen LogP contribution in [0.3, 0.4) is 0 Å². The van der Waals surface area contributed by atoms with Crippen LogP contribution >= 0.6 is 0 Å². The molecule has 1 amide bonds. The van der Waals surface area contributed by atoms with Gasteiger partial charge in [-0.3, -0.25) is 9.59 Å². The molecule has 0 aromatic heterocycles. The lowest BCUT2D eigenvalue weighted by Gasteiger charge is -2.22. The van der Waals surface area contributed by atoms with Crippen LogP contribution in [0.25, 0.3) is 0 Å². The molecule has 81 heavy (non-hydrogen) atoms. The molecule has 2 unspecified atom stereocenters. The number of hydrogen-bond donors (Lipinski definition) is 3. The summed E-state index contributed by atoms with van der Waals surface area (Å²) in [7, 11) is 0. The molecule has 3 N–H and O–H groups in total. The number of aliphatic hydroxyl groups is 2. The van der Waals surface area contributed by atoms with E-state index in [1.807, 2.05) is 0 Å². The molecule has 6 nitrogen and oxygen atoms in total. The number of allylic oxidation sites excluding steroid dienone is 6. The molecule has 0 radical (unpaired) electrons. The molecule has 0 fully saturated rings. The van der Waals surface area contributed by atoms with E-state index >= 15 is 0 Å². The molecule has 0 saturated heterocycles. The average Bonchev–Trinajstić information content (AvgIpc) is 3.47. The third-order valence-corrected chi connectivity index (χ3v) is 17.2. The highest BCUT2D eigenvalue weighted by molar-refractivity contribution is 5.76. The van der Waals surface area contributed by atoms with E-state index in [0.29, 0.717) is 25.9 Å². The largest absolute Gasteiger partial charge is 0.466 e. The molecule has 0 aliphatic rings. The smallest absolute Gasteiger partial charge is 0.305 e. The van der Waals surface area contributed by atoms with Gasteiger partial charge in [0.15, 0.2) is 0 Å². The lowest BCUT2D eigenvalue weighted by molar-refractivity contribution is -0.143. The fourth-order valence-electron chi connectivity index (χ4n) is 11.5. The summed E-state index contributed by atoms with van der Waals surface area (Å²) in [5.41, 5.74) is 0. The Morgan fingerprint density at radius 2 is 0.630 bits per heavy atom. The Labute approximate surface area is 506 Å². The standard InChI is InChI=1S/C75H143NO5/c1-3-5-7-9-11-13-15-17-45-49-53-57-61-65-69-75(80)81-70-66-62-58-54-50-46-42-40-38-36-34-32-30-28-26-24-22-20-18-19-21-23-25-27-29-31-33-35-37-39-41-44-48-52-56-60-64-68-74(79)76-72(71-77)73(78)67-63-59-55-51-47-43-16-14-12-10-8-6-4-2/h9,11,15,17-18,20,72-73,77-78H,3-8,10,12-14,16,19,21-71H2,1-2H3,(H,76,79)/b11-9-,17-15-,20-18-. The molecule has 0 aliphatic carbocycles. The van der Waals surface area contributed by atoms with Gasteiger partial charge < -0.3 is 20.3 Å². The Balaban J connectivity index is 3.32. The lowest BCUT2D eigenvalue weighted by atomic mass is 10.0. The maximum atomic E-state index is 12.5. The molecule has 0 spiro atoms. The zero-order chi connectivity index (χ0) is 58.5. The van der Waals surface area contributed by atoms with Gasteiger partial charge in [0.1, 0.15) is 0 Å². The summed E-state index contributed by atoms with van der Waals surface area (Å²) in [4.78, 5) is 24.5. The first kappa shape index (κ1) is 79.1. The van der Waals surface area contributed by atoms with Crippen molar-refractivity contribution < 1.29 is 24.5 Å². The van der Waals surface area contributed by atoms with Gasteiger partial charge in [0.05, 0.1) is 25.4 Å². The van der Waals surface area contributed by atoms with Crippen LogP contribution in [0, 0.1) is 0 Å². The van der Waals surface area contributed by atoms with Crippen molar-refractivity contribution in [1.29, 1.82) is 0 Å². The van der Waals surface area contributed by atoms with E-state index in [1.54, 1.807) is 0 Å². The first-order chi connectivity index (χ1) is 40.0. The minimum Gasteiger partial charge on any atom is -0.466 e. The van der Waals surface area contributed by atoms with Gasteiger partial charge in [0.2, 0.25) is 5.91 Å². The minimum absolute atomic E-state index is 0.00703. The van der Waals surface area contributed by atoms with Crippen molar-refractivity contribution in [2.45, 2.75) is 418 Å². The molecule has 0 aliphatic heterocycles. The Morgan fingerprint density at radius 3 is 0.988 bits per heavy atom. The SMILES string of the molecule is CCCC/C=C\C/C=C\CCCCCCCC(=O)OCCCCCCCCCCCCCCCCCC/C=C\CCCCCCCCCCCCCCCCCCCC(=O)NC(CO)C(O)CCCCCCCCCCCCCCC. The van der Waals surface area contributed by atoms with Gasteiger partial charge in [-0.15, -0.1) is 0 Å². The molecule has 478 valence electrons. The van der Waals surface area contributed by atoms with Crippen molar-refractivity contribution in [2.24, 2.45) is 0 Å². The summed E-state index contributed by atoms with van der Waals surface area (Å²) >= 11 is 0. The van der Waals surface area contributed by atoms with Crippen LogP contribution in [0.5, 0.6) is 0 Å². The molecule has 0 bridgehead atoms. The Bertz CT molecular complexity index is 1310. The third kappa shape index (κ3) is 67.1. The second-order valence-electron chi connectivity index (χ2n) is 25.3. The monoisotopic (exact) mass is 1140 g/mol. The van der Waals surface area contributed by atoms with Crippen LogP contribution in [0.2, 0.25) is 0 Å².